The molecule has 0 aliphatic carbocycles. The van der Waals surface area contributed by atoms with Crippen molar-refractivity contribution in [1.29, 1.82) is 0 Å². The number of nitrogens with zero attached hydrogens (tertiary/aromatic N) is 4. The van der Waals surface area contributed by atoms with Gasteiger partial charge in [0.1, 0.15) is 17.0 Å². The van der Waals surface area contributed by atoms with E-state index in [1.54, 1.807) is 18.6 Å². The third-order valence-electron chi connectivity index (χ3n) is 4.57. The maximum atomic E-state index is 6.08. The zero-order valence-electron chi connectivity index (χ0n) is 12.5. The third kappa shape index (κ3) is 3.15. The summed E-state index contributed by atoms with van der Waals surface area (Å²) in [7, 11) is 0. The fraction of sp³-hybridized carbons (Fsp3) is 0.438. The highest BCUT2D eigenvalue weighted by Gasteiger charge is 2.33. The summed E-state index contributed by atoms with van der Waals surface area (Å²) in [6.45, 7) is 1.92. The molecular weight excluding hydrogens is 380 g/mol. The Morgan fingerprint density at radius 3 is 2.61 bits per heavy atom. The van der Waals surface area contributed by atoms with E-state index in [9.17, 15) is 0 Å². The van der Waals surface area contributed by atoms with Gasteiger partial charge in [-0.2, -0.15) is 0 Å². The molecule has 5 nitrogen and oxygen atoms in total. The van der Waals surface area contributed by atoms with Crippen molar-refractivity contribution in [3.63, 3.8) is 0 Å². The zero-order chi connectivity index (χ0) is 15.8. The molecule has 120 valence electrons. The second-order valence-corrected chi connectivity index (χ2v) is 7.30. The van der Waals surface area contributed by atoms with E-state index in [4.69, 9.17) is 16.3 Å². The molecule has 0 saturated carbocycles. The van der Waals surface area contributed by atoms with Crippen molar-refractivity contribution < 1.29 is 4.74 Å². The molecule has 0 radical (unpaired) electrons. The molecule has 0 spiro atoms. The molecule has 1 unspecified atom stereocenters. The van der Waals surface area contributed by atoms with Crippen molar-refractivity contribution in [1.82, 2.24) is 15.0 Å². The van der Waals surface area contributed by atoms with Crippen LogP contribution in [0.5, 0.6) is 5.75 Å². The number of pyridine rings is 1. The summed E-state index contributed by atoms with van der Waals surface area (Å²) in [6, 6.07) is 1.92. The van der Waals surface area contributed by atoms with Gasteiger partial charge >= 0.3 is 0 Å². The van der Waals surface area contributed by atoms with Gasteiger partial charge in [0, 0.05) is 37.5 Å². The van der Waals surface area contributed by atoms with E-state index >= 15 is 0 Å². The van der Waals surface area contributed by atoms with Gasteiger partial charge in [-0.3, -0.25) is 0 Å². The lowest BCUT2D eigenvalue weighted by atomic mass is 9.89. The Hall–Kier alpha value is -1.40. The van der Waals surface area contributed by atoms with Gasteiger partial charge in [0.05, 0.1) is 10.7 Å². The lowest BCUT2D eigenvalue weighted by Crippen LogP contribution is -2.40. The zero-order valence-corrected chi connectivity index (χ0v) is 14.8. The number of hydrogen-bond acceptors (Lipinski definition) is 5. The van der Waals surface area contributed by atoms with Crippen molar-refractivity contribution in [2.75, 3.05) is 18.0 Å². The molecule has 0 bridgehead atoms. The van der Waals surface area contributed by atoms with E-state index in [-0.39, 0.29) is 6.10 Å². The highest BCUT2D eigenvalue weighted by Crippen LogP contribution is 2.36. The van der Waals surface area contributed by atoms with E-state index in [2.05, 4.69) is 35.8 Å². The first-order chi connectivity index (χ1) is 11.2. The molecular formula is C16H16BrClN4O. The maximum Gasteiger partial charge on any atom is 0.225 e. The van der Waals surface area contributed by atoms with Gasteiger partial charge in [0.15, 0.2) is 0 Å². The molecule has 1 saturated heterocycles. The third-order valence-corrected chi connectivity index (χ3v) is 5.19. The van der Waals surface area contributed by atoms with Crippen LogP contribution in [0.3, 0.4) is 0 Å². The number of hydrogen-bond donors (Lipinski definition) is 0. The van der Waals surface area contributed by atoms with Crippen LogP contribution >= 0.6 is 27.5 Å². The predicted octanol–water partition coefficient (Wildman–Crippen LogP) is 3.51. The van der Waals surface area contributed by atoms with Crippen LogP contribution in [0.15, 0.2) is 29.1 Å². The number of ether oxygens (including phenoxy) is 1. The minimum absolute atomic E-state index is 0.234. The number of piperidine rings is 1. The molecule has 1 fully saturated rings. The van der Waals surface area contributed by atoms with Gasteiger partial charge in [-0.1, -0.05) is 11.6 Å². The topological polar surface area (TPSA) is 51.1 Å². The second kappa shape index (κ2) is 6.24. The van der Waals surface area contributed by atoms with Gasteiger partial charge < -0.3 is 9.64 Å². The number of aromatic nitrogens is 3. The summed E-state index contributed by atoms with van der Waals surface area (Å²) >= 11 is 9.33. The smallest absolute Gasteiger partial charge is 0.225 e. The number of rotatable bonds is 2. The minimum atomic E-state index is 0.234. The Labute approximate surface area is 148 Å². The molecule has 0 amide bonds. The molecule has 4 heterocycles. The van der Waals surface area contributed by atoms with Gasteiger partial charge in [-0.25, -0.2) is 15.0 Å². The van der Waals surface area contributed by atoms with Crippen LogP contribution < -0.4 is 9.64 Å². The van der Waals surface area contributed by atoms with Crippen molar-refractivity contribution >= 4 is 33.5 Å². The Balaban J connectivity index is 1.38. The maximum absolute atomic E-state index is 6.08. The quantitative estimate of drug-likeness (QED) is 0.728. The molecule has 2 aliphatic rings. The minimum Gasteiger partial charge on any atom is -0.488 e. The summed E-state index contributed by atoms with van der Waals surface area (Å²) < 4.78 is 6.98. The van der Waals surface area contributed by atoms with E-state index < -0.39 is 0 Å². The van der Waals surface area contributed by atoms with Crippen molar-refractivity contribution in [2.24, 2.45) is 5.92 Å². The van der Waals surface area contributed by atoms with E-state index in [0.717, 1.165) is 48.5 Å². The first kappa shape index (κ1) is 15.1. The van der Waals surface area contributed by atoms with Crippen LogP contribution in [0.1, 0.15) is 18.4 Å². The summed E-state index contributed by atoms with van der Waals surface area (Å²) in [5.74, 6) is 2.24. The lowest BCUT2D eigenvalue weighted by molar-refractivity contribution is 0.138. The molecule has 0 N–H and O–H groups in total. The summed E-state index contributed by atoms with van der Waals surface area (Å²) in [5, 5.41) is 0.537. The van der Waals surface area contributed by atoms with Crippen LogP contribution in [-0.4, -0.2) is 34.1 Å². The van der Waals surface area contributed by atoms with E-state index in [1.807, 2.05) is 6.07 Å². The largest absolute Gasteiger partial charge is 0.488 e. The Kier molecular flexibility index (Phi) is 4.11. The molecule has 4 rings (SSSR count). The summed E-state index contributed by atoms with van der Waals surface area (Å²) in [5.41, 5.74) is 1.17. The number of anilines is 1. The van der Waals surface area contributed by atoms with Crippen molar-refractivity contribution in [2.45, 2.75) is 25.4 Å². The van der Waals surface area contributed by atoms with Crippen molar-refractivity contribution in [3.8, 4) is 5.75 Å². The highest BCUT2D eigenvalue weighted by molar-refractivity contribution is 9.10. The Bertz CT molecular complexity index is 704. The standard InChI is InChI=1S/C16H16BrClN4O/c17-12-7-20-16(21-8-12)22-3-1-10(2-4-22)13-5-11-6-15(18)19-9-14(11)23-13/h6-10,13H,1-5H2. The molecule has 7 heteroatoms. The van der Waals surface area contributed by atoms with Gasteiger partial charge in [0.25, 0.3) is 0 Å². The van der Waals surface area contributed by atoms with Crippen LogP contribution in [0.4, 0.5) is 5.95 Å². The Morgan fingerprint density at radius 1 is 1.13 bits per heavy atom. The second-order valence-electron chi connectivity index (χ2n) is 6.00. The van der Waals surface area contributed by atoms with Crippen LogP contribution in [0.25, 0.3) is 0 Å². The molecule has 1 atom stereocenters. The molecule has 2 aromatic heterocycles. The number of fused-ring (bicyclic) bond motifs is 1. The van der Waals surface area contributed by atoms with E-state index in [0.29, 0.717) is 11.1 Å². The van der Waals surface area contributed by atoms with Crippen LogP contribution in [0, 0.1) is 5.92 Å². The van der Waals surface area contributed by atoms with Gasteiger partial charge in [0.2, 0.25) is 5.95 Å². The first-order valence-electron chi connectivity index (χ1n) is 7.72. The van der Waals surface area contributed by atoms with Gasteiger partial charge in [-0.15, -0.1) is 0 Å². The summed E-state index contributed by atoms with van der Waals surface area (Å²) in [4.78, 5) is 15.1. The highest BCUT2D eigenvalue weighted by atomic mass is 79.9. The average molecular weight is 396 g/mol. The lowest BCUT2D eigenvalue weighted by Gasteiger charge is -2.34. The summed E-state index contributed by atoms with van der Waals surface area (Å²) in [6.07, 6.45) is 8.65. The molecule has 2 aliphatic heterocycles. The first-order valence-corrected chi connectivity index (χ1v) is 8.90. The predicted molar refractivity (Wildman–Crippen MR) is 92.0 cm³/mol. The van der Waals surface area contributed by atoms with Crippen LogP contribution in [-0.2, 0) is 6.42 Å². The molecule has 0 aromatic carbocycles. The number of halogens is 2. The fourth-order valence-corrected chi connectivity index (χ4v) is 3.73. The van der Waals surface area contributed by atoms with Crippen molar-refractivity contribution in [3.05, 3.63) is 39.8 Å². The van der Waals surface area contributed by atoms with Crippen LogP contribution in [0.2, 0.25) is 5.15 Å². The Morgan fingerprint density at radius 2 is 1.87 bits per heavy atom. The molecule has 23 heavy (non-hydrogen) atoms. The SMILES string of the molecule is Clc1cc2c(cn1)OC(C1CCN(c3ncc(Br)cn3)CC1)C2. The normalized spacial score (nSPS) is 21.1. The van der Waals surface area contributed by atoms with Gasteiger partial charge in [-0.05, 0) is 40.8 Å². The molecule has 2 aromatic rings. The average Bonchev–Trinajstić information content (AvgIpc) is 2.99. The van der Waals surface area contributed by atoms with E-state index in [1.165, 1.54) is 5.56 Å². The fourth-order valence-electron chi connectivity index (χ4n) is 3.35. The monoisotopic (exact) mass is 394 g/mol.